The van der Waals surface area contributed by atoms with E-state index in [-0.39, 0.29) is 12.3 Å². The Labute approximate surface area is 127 Å². The first-order valence-electron chi connectivity index (χ1n) is 7.18. The molecule has 1 amide bonds. The summed E-state index contributed by atoms with van der Waals surface area (Å²) in [6, 6.07) is 7.25. The minimum Gasteiger partial charge on any atom is -0.481 e. The molecule has 6 heteroatoms. The van der Waals surface area contributed by atoms with E-state index < -0.39 is 11.5 Å². The fraction of sp³-hybridized carbons (Fsp3) is 0.375. The van der Waals surface area contributed by atoms with Crippen molar-refractivity contribution in [3.8, 4) is 0 Å². The molecule has 0 aliphatic carbocycles. The number of carbonyl (C=O) groups excluding carboxylic acids is 1. The third-order valence-corrected chi connectivity index (χ3v) is 4.04. The quantitative estimate of drug-likeness (QED) is 0.903. The minimum atomic E-state index is -0.931. The Morgan fingerprint density at radius 2 is 1.95 bits per heavy atom. The number of hydrogen-bond acceptors (Lipinski definition) is 4. The van der Waals surface area contributed by atoms with E-state index in [2.05, 4.69) is 5.32 Å². The number of nitrogens with one attached hydrogen (secondary N) is 1. The van der Waals surface area contributed by atoms with Crippen molar-refractivity contribution in [3.63, 3.8) is 0 Å². The molecular formula is C16H17NO5. The van der Waals surface area contributed by atoms with Gasteiger partial charge in [-0.05, 0) is 18.9 Å². The molecule has 2 N–H and O–H groups in total. The Bertz CT molecular complexity index is 699. The van der Waals surface area contributed by atoms with Crippen LogP contribution in [0.25, 0.3) is 11.0 Å². The lowest BCUT2D eigenvalue weighted by molar-refractivity contribution is -0.139. The lowest BCUT2D eigenvalue weighted by atomic mass is 9.86. The molecule has 1 aromatic heterocycles. The van der Waals surface area contributed by atoms with Crippen molar-refractivity contribution < 1.29 is 23.8 Å². The van der Waals surface area contributed by atoms with Crippen molar-refractivity contribution in [2.24, 2.45) is 0 Å². The Hall–Kier alpha value is -2.34. The molecule has 0 bridgehead atoms. The lowest BCUT2D eigenvalue weighted by Crippen LogP contribution is -2.53. The zero-order valence-corrected chi connectivity index (χ0v) is 12.0. The van der Waals surface area contributed by atoms with Crippen LogP contribution in [-0.4, -0.2) is 35.7 Å². The fourth-order valence-corrected chi connectivity index (χ4v) is 2.86. The molecule has 1 aromatic carbocycles. The molecule has 0 radical (unpaired) electrons. The number of furan rings is 1. The van der Waals surface area contributed by atoms with Crippen LogP contribution < -0.4 is 5.32 Å². The van der Waals surface area contributed by atoms with Gasteiger partial charge in [-0.1, -0.05) is 18.2 Å². The maximum atomic E-state index is 12.6. The second kappa shape index (κ2) is 5.81. The molecule has 1 fully saturated rings. The van der Waals surface area contributed by atoms with Gasteiger partial charge in [-0.15, -0.1) is 0 Å². The SMILES string of the molecule is O=C(O)CC1(NC(=O)c2coc3ccccc23)CCOCC1. The van der Waals surface area contributed by atoms with Crippen LogP contribution >= 0.6 is 0 Å². The molecule has 0 spiro atoms. The van der Waals surface area contributed by atoms with Gasteiger partial charge in [-0.2, -0.15) is 0 Å². The molecule has 22 heavy (non-hydrogen) atoms. The number of hydrogen-bond donors (Lipinski definition) is 2. The lowest BCUT2D eigenvalue weighted by Gasteiger charge is -2.36. The van der Waals surface area contributed by atoms with E-state index in [1.807, 2.05) is 18.2 Å². The number of carbonyl (C=O) groups is 2. The van der Waals surface area contributed by atoms with Crippen molar-refractivity contribution in [1.82, 2.24) is 5.32 Å². The second-order valence-corrected chi connectivity index (χ2v) is 5.56. The Morgan fingerprint density at radius 3 is 2.68 bits per heavy atom. The van der Waals surface area contributed by atoms with Crippen molar-refractivity contribution in [3.05, 3.63) is 36.1 Å². The first-order chi connectivity index (χ1) is 10.6. The number of carboxylic acid groups (broad SMARTS) is 1. The molecule has 1 aliphatic rings. The maximum Gasteiger partial charge on any atom is 0.305 e. The molecule has 3 rings (SSSR count). The topological polar surface area (TPSA) is 88.8 Å². The first kappa shape index (κ1) is 14.6. The van der Waals surface area contributed by atoms with Gasteiger partial charge in [-0.25, -0.2) is 0 Å². The van der Waals surface area contributed by atoms with E-state index in [4.69, 9.17) is 14.3 Å². The van der Waals surface area contributed by atoms with Crippen LogP contribution in [0.4, 0.5) is 0 Å². The van der Waals surface area contributed by atoms with Gasteiger partial charge in [0.05, 0.1) is 17.5 Å². The van der Waals surface area contributed by atoms with Crippen molar-refractivity contribution in [2.75, 3.05) is 13.2 Å². The molecule has 0 saturated carbocycles. The first-order valence-corrected chi connectivity index (χ1v) is 7.18. The van der Waals surface area contributed by atoms with Crippen molar-refractivity contribution in [1.29, 1.82) is 0 Å². The average molecular weight is 303 g/mol. The highest BCUT2D eigenvalue weighted by molar-refractivity contribution is 6.06. The summed E-state index contributed by atoms with van der Waals surface area (Å²) in [6.45, 7) is 0.888. The monoisotopic (exact) mass is 303 g/mol. The van der Waals surface area contributed by atoms with Crippen LogP contribution in [-0.2, 0) is 9.53 Å². The number of para-hydroxylation sites is 1. The summed E-state index contributed by atoms with van der Waals surface area (Å²) in [5, 5.41) is 12.8. The van der Waals surface area contributed by atoms with Gasteiger partial charge in [0.1, 0.15) is 11.8 Å². The van der Waals surface area contributed by atoms with E-state index in [0.717, 1.165) is 5.39 Å². The number of ether oxygens (including phenoxy) is 1. The normalized spacial score (nSPS) is 17.3. The summed E-state index contributed by atoms with van der Waals surface area (Å²) < 4.78 is 10.7. The molecule has 1 saturated heterocycles. The predicted molar refractivity (Wildman–Crippen MR) is 78.7 cm³/mol. The number of amides is 1. The molecular weight excluding hydrogens is 286 g/mol. The third kappa shape index (κ3) is 2.82. The van der Waals surface area contributed by atoms with E-state index >= 15 is 0 Å². The number of aliphatic carboxylic acids is 1. The molecule has 116 valence electrons. The average Bonchev–Trinajstić information content (AvgIpc) is 2.91. The van der Waals surface area contributed by atoms with Crippen LogP contribution in [0, 0.1) is 0 Å². The Kier molecular flexibility index (Phi) is 3.85. The minimum absolute atomic E-state index is 0.113. The molecule has 0 atom stereocenters. The van der Waals surface area contributed by atoms with Gasteiger partial charge in [0.25, 0.3) is 5.91 Å². The van der Waals surface area contributed by atoms with Crippen LogP contribution in [0.5, 0.6) is 0 Å². The molecule has 2 aromatic rings. The second-order valence-electron chi connectivity index (χ2n) is 5.56. The molecule has 6 nitrogen and oxygen atoms in total. The zero-order valence-electron chi connectivity index (χ0n) is 12.0. The van der Waals surface area contributed by atoms with E-state index in [1.54, 1.807) is 6.07 Å². The summed E-state index contributed by atoms with van der Waals surface area (Å²) in [7, 11) is 0. The fourth-order valence-electron chi connectivity index (χ4n) is 2.86. The van der Waals surface area contributed by atoms with Gasteiger partial charge >= 0.3 is 5.97 Å². The summed E-state index contributed by atoms with van der Waals surface area (Å²) in [4.78, 5) is 23.7. The van der Waals surface area contributed by atoms with Gasteiger partial charge in [0.15, 0.2) is 0 Å². The Morgan fingerprint density at radius 1 is 1.23 bits per heavy atom. The van der Waals surface area contributed by atoms with Crippen LogP contribution in [0.1, 0.15) is 29.6 Å². The summed E-state index contributed by atoms with van der Waals surface area (Å²) in [6.07, 6.45) is 2.27. The van der Waals surface area contributed by atoms with Gasteiger partial charge < -0.3 is 19.6 Å². The van der Waals surface area contributed by atoms with Gasteiger partial charge in [0.2, 0.25) is 0 Å². The van der Waals surface area contributed by atoms with Gasteiger partial charge in [0, 0.05) is 18.6 Å². The largest absolute Gasteiger partial charge is 0.481 e. The number of carboxylic acids is 1. The van der Waals surface area contributed by atoms with Crippen LogP contribution in [0.3, 0.4) is 0 Å². The maximum absolute atomic E-state index is 12.6. The predicted octanol–water partition coefficient (Wildman–Crippen LogP) is 2.19. The van der Waals surface area contributed by atoms with Crippen molar-refractivity contribution >= 4 is 22.8 Å². The van der Waals surface area contributed by atoms with E-state index in [9.17, 15) is 9.59 Å². The molecule has 1 aliphatic heterocycles. The Balaban J connectivity index is 1.86. The number of rotatable bonds is 4. The standard InChI is InChI=1S/C16H17NO5/c18-14(19)9-16(5-7-21-8-6-16)17-15(20)12-10-22-13-4-2-1-3-11(12)13/h1-4,10H,5-9H2,(H,17,20)(H,18,19). The van der Waals surface area contributed by atoms with Crippen LogP contribution in [0.15, 0.2) is 34.9 Å². The van der Waals surface area contributed by atoms with E-state index in [0.29, 0.717) is 37.2 Å². The third-order valence-electron chi connectivity index (χ3n) is 4.04. The summed E-state index contributed by atoms with van der Waals surface area (Å²) in [5.41, 5.74) is 0.290. The van der Waals surface area contributed by atoms with Gasteiger partial charge in [-0.3, -0.25) is 9.59 Å². The molecule has 0 unspecified atom stereocenters. The highest BCUT2D eigenvalue weighted by atomic mass is 16.5. The summed E-state index contributed by atoms with van der Waals surface area (Å²) in [5.74, 6) is -1.24. The van der Waals surface area contributed by atoms with Crippen LogP contribution in [0.2, 0.25) is 0 Å². The molecule has 2 heterocycles. The smallest absolute Gasteiger partial charge is 0.305 e. The van der Waals surface area contributed by atoms with Crippen molar-refractivity contribution in [2.45, 2.75) is 24.8 Å². The zero-order chi connectivity index (χ0) is 15.6. The van der Waals surface area contributed by atoms with E-state index in [1.165, 1.54) is 6.26 Å². The number of fused-ring (bicyclic) bond motifs is 1. The highest BCUT2D eigenvalue weighted by Crippen LogP contribution is 2.27. The summed E-state index contributed by atoms with van der Waals surface area (Å²) >= 11 is 0. The highest BCUT2D eigenvalue weighted by Gasteiger charge is 2.37. The number of benzene rings is 1.